The first-order valence-electron chi connectivity index (χ1n) is 6.65. The fourth-order valence-corrected chi connectivity index (χ4v) is 3.43. The van der Waals surface area contributed by atoms with Crippen molar-refractivity contribution in [2.75, 3.05) is 0 Å². The maximum absolute atomic E-state index is 11.1. The summed E-state index contributed by atoms with van der Waals surface area (Å²) in [4.78, 5) is 11.7. The van der Waals surface area contributed by atoms with Gasteiger partial charge in [0.05, 0.1) is 16.4 Å². The molecule has 1 aliphatic heterocycles. The number of thioether (sulfide) groups is 1. The number of rotatable bonds is 2. The average Bonchev–Trinajstić information content (AvgIpc) is 2.99. The Balaban J connectivity index is 1.95. The van der Waals surface area contributed by atoms with E-state index in [1.807, 2.05) is 34.9 Å². The molecular formula is C15H10N4O2S. The molecule has 0 bridgehead atoms. The van der Waals surface area contributed by atoms with Crippen LogP contribution in [-0.4, -0.2) is 19.7 Å². The molecule has 3 aromatic rings. The zero-order valence-corrected chi connectivity index (χ0v) is 12.2. The zero-order valence-electron chi connectivity index (χ0n) is 11.3. The predicted octanol–water partition coefficient (Wildman–Crippen LogP) is 3.45. The molecule has 0 saturated carbocycles. The van der Waals surface area contributed by atoms with E-state index in [9.17, 15) is 10.1 Å². The molecule has 0 aliphatic carbocycles. The molecule has 0 atom stereocenters. The Morgan fingerprint density at radius 1 is 1.14 bits per heavy atom. The number of aromatic nitrogens is 3. The van der Waals surface area contributed by atoms with E-state index in [4.69, 9.17) is 0 Å². The van der Waals surface area contributed by atoms with E-state index in [-0.39, 0.29) is 10.6 Å². The second-order valence-electron chi connectivity index (χ2n) is 4.84. The molecule has 4 rings (SSSR count). The summed E-state index contributed by atoms with van der Waals surface area (Å²) >= 11 is 1.61. The van der Waals surface area contributed by atoms with Crippen LogP contribution in [0.5, 0.6) is 0 Å². The number of hydrogen-bond acceptors (Lipinski definition) is 5. The zero-order chi connectivity index (χ0) is 15.1. The number of nitrogens with zero attached hydrogens (tertiary/aromatic N) is 4. The van der Waals surface area contributed by atoms with E-state index >= 15 is 0 Å². The quantitative estimate of drug-likeness (QED) is 0.535. The highest BCUT2D eigenvalue weighted by atomic mass is 32.2. The lowest BCUT2D eigenvalue weighted by Crippen LogP contribution is -2.08. The van der Waals surface area contributed by atoms with Gasteiger partial charge in [-0.05, 0) is 6.07 Å². The van der Waals surface area contributed by atoms with Crippen LogP contribution in [-0.2, 0) is 5.75 Å². The molecular weight excluding hydrogens is 300 g/mol. The van der Waals surface area contributed by atoms with Gasteiger partial charge in [-0.2, -0.15) is 0 Å². The van der Waals surface area contributed by atoms with Gasteiger partial charge < -0.3 is 0 Å². The van der Waals surface area contributed by atoms with Crippen LogP contribution in [0.3, 0.4) is 0 Å². The number of hydrogen-bond donors (Lipinski definition) is 0. The minimum Gasteiger partial charge on any atom is -0.277 e. The average molecular weight is 310 g/mol. The molecule has 22 heavy (non-hydrogen) atoms. The molecule has 7 heteroatoms. The normalized spacial score (nSPS) is 12.5. The van der Waals surface area contributed by atoms with Crippen molar-refractivity contribution in [3.8, 4) is 17.1 Å². The van der Waals surface area contributed by atoms with Gasteiger partial charge in [0, 0.05) is 22.6 Å². The molecule has 0 unspecified atom stereocenters. The summed E-state index contributed by atoms with van der Waals surface area (Å²) in [6, 6.07) is 14.6. The van der Waals surface area contributed by atoms with Gasteiger partial charge in [-0.25, -0.2) is 0 Å². The maximum atomic E-state index is 11.1. The number of benzene rings is 2. The Kier molecular flexibility index (Phi) is 2.93. The third-order valence-corrected chi connectivity index (χ3v) is 4.57. The summed E-state index contributed by atoms with van der Waals surface area (Å²) in [5, 5.41) is 19.6. The van der Waals surface area contributed by atoms with Crippen molar-refractivity contribution >= 4 is 17.4 Å². The van der Waals surface area contributed by atoms with Crippen LogP contribution in [0, 0.1) is 10.1 Å². The van der Waals surface area contributed by atoms with Crippen molar-refractivity contribution in [3.05, 3.63) is 64.5 Å². The van der Waals surface area contributed by atoms with Crippen molar-refractivity contribution < 1.29 is 4.92 Å². The second-order valence-corrected chi connectivity index (χ2v) is 5.86. The monoisotopic (exact) mass is 310 g/mol. The first kappa shape index (κ1) is 13.0. The van der Waals surface area contributed by atoms with Crippen LogP contribution >= 0.6 is 11.8 Å². The van der Waals surface area contributed by atoms with Crippen molar-refractivity contribution in [2.45, 2.75) is 10.6 Å². The van der Waals surface area contributed by atoms with Gasteiger partial charge in [0.2, 0.25) is 0 Å². The van der Waals surface area contributed by atoms with Crippen LogP contribution < -0.4 is 0 Å². The first-order valence-corrected chi connectivity index (χ1v) is 7.64. The molecule has 0 spiro atoms. The standard InChI is InChI=1S/C15H10N4O2S/c20-19(21)11-6-7-13-12(8-11)18-14(9-22-13)16-17-15(18)10-4-2-1-3-5-10/h1-8H,9H2. The van der Waals surface area contributed by atoms with Gasteiger partial charge in [-0.15, -0.1) is 22.0 Å². The third kappa shape index (κ3) is 1.98. The summed E-state index contributed by atoms with van der Waals surface area (Å²) < 4.78 is 1.91. The van der Waals surface area contributed by atoms with E-state index in [2.05, 4.69) is 10.2 Å². The Morgan fingerprint density at radius 3 is 2.73 bits per heavy atom. The molecule has 0 fully saturated rings. The molecule has 0 amide bonds. The van der Waals surface area contributed by atoms with Crippen LogP contribution in [0.2, 0.25) is 0 Å². The van der Waals surface area contributed by atoms with Crippen LogP contribution in [0.15, 0.2) is 53.4 Å². The SMILES string of the molecule is O=[N+]([O-])c1ccc2c(c1)-n1c(nnc1-c1ccccc1)CS2. The summed E-state index contributed by atoms with van der Waals surface area (Å²) in [6.07, 6.45) is 0. The molecule has 2 heterocycles. The minimum atomic E-state index is -0.383. The van der Waals surface area contributed by atoms with E-state index in [1.54, 1.807) is 23.9 Å². The molecule has 0 N–H and O–H groups in total. The Bertz CT molecular complexity index is 877. The lowest BCUT2D eigenvalue weighted by Gasteiger charge is -2.18. The molecule has 1 aromatic heterocycles. The van der Waals surface area contributed by atoms with Crippen LogP contribution in [0.25, 0.3) is 17.1 Å². The number of fused-ring (bicyclic) bond motifs is 3. The van der Waals surface area contributed by atoms with Crippen molar-refractivity contribution in [1.29, 1.82) is 0 Å². The third-order valence-electron chi connectivity index (χ3n) is 3.51. The predicted molar refractivity (Wildman–Crippen MR) is 83.0 cm³/mol. The van der Waals surface area contributed by atoms with Crippen LogP contribution in [0.4, 0.5) is 5.69 Å². The Labute approximate surface area is 130 Å². The lowest BCUT2D eigenvalue weighted by atomic mass is 10.2. The van der Waals surface area contributed by atoms with Gasteiger partial charge in [-0.3, -0.25) is 14.7 Å². The highest BCUT2D eigenvalue weighted by Gasteiger charge is 2.24. The Hall–Kier alpha value is -2.67. The summed E-state index contributed by atoms with van der Waals surface area (Å²) in [7, 11) is 0. The maximum Gasteiger partial charge on any atom is 0.271 e. The van der Waals surface area contributed by atoms with Gasteiger partial charge in [-0.1, -0.05) is 30.3 Å². The van der Waals surface area contributed by atoms with Gasteiger partial charge >= 0.3 is 0 Å². The van der Waals surface area contributed by atoms with Crippen LogP contribution in [0.1, 0.15) is 5.82 Å². The second kappa shape index (κ2) is 4.96. The van der Waals surface area contributed by atoms with Crippen molar-refractivity contribution in [2.24, 2.45) is 0 Å². The lowest BCUT2D eigenvalue weighted by molar-refractivity contribution is -0.384. The largest absolute Gasteiger partial charge is 0.277 e. The Morgan fingerprint density at radius 2 is 1.95 bits per heavy atom. The summed E-state index contributed by atoms with van der Waals surface area (Å²) in [5.74, 6) is 2.21. The topological polar surface area (TPSA) is 73.8 Å². The van der Waals surface area contributed by atoms with Gasteiger partial charge in [0.1, 0.15) is 5.82 Å². The highest BCUT2D eigenvalue weighted by molar-refractivity contribution is 7.98. The fraction of sp³-hybridized carbons (Fsp3) is 0.0667. The van der Waals surface area contributed by atoms with Crippen molar-refractivity contribution in [1.82, 2.24) is 14.8 Å². The highest BCUT2D eigenvalue weighted by Crippen LogP contribution is 2.38. The van der Waals surface area contributed by atoms with Gasteiger partial charge in [0.15, 0.2) is 5.82 Å². The molecule has 0 radical (unpaired) electrons. The molecule has 108 valence electrons. The molecule has 6 nitrogen and oxygen atoms in total. The fourth-order valence-electron chi connectivity index (χ4n) is 2.50. The molecule has 1 aliphatic rings. The van der Waals surface area contributed by atoms with Crippen molar-refractivity contribution in [3.63, 3.8) is 0 Å². The van der Waals surface area contributed by atoms with E-state index < -0.39 is 0 Å². The first-order chi connectivity index (χ1) is 10.7. The summed E-state index contributed by atoms with van der Waals surface area (Å²) in [5.41, 5.74) is 1.77. The number of nitro benzene ring substituents is 1. The van der Waals surface area contributed by atoms with Gasteiger partial charge in [0.25, 0.3) is 5.69 Å². The summed E-state index contributed by atoms with van der Waals surface area (Å²) in [6.45, 7) is 0. The number of nitro groups is 1. The molecule has 2 aromatic carbocycles. The van der Waals surface area contributed by atoms with E-state index in [0.717, 1.165) is 22.0 Å². The number of non-ortho nitro benzene ring substituents is 1. The molecule has 0 saturated heterocycles. The minimum absolute atomic E-state index is 0.0694. The smallest absolute Gasteiger partial charge is 0.271 e. The van der Waals surface area contributed by atoms with E-state index in [1.165, 1.54) is 6.07 Å². The van der Waals surface area contributed by atoms with E-state index in [0.29, 0.717) is 11.6 Å².